The Hall–Kier alpha value is -2.33. The molecule has 0 aliphatic carbocycles. The van der Waals surface area contributed by atoms with Crippen LogP contribution in [0.15, 0.2) is 70.7 Å². The molecule has 2 aromatic carbocycles. The number of pyridine rings is 1. The van der Waals surface area contributed by atoms with Crippen molar-refractivity contribution < 1.29 is 16.8 Å². The van der Waals surface area contributed by atoms with Gasteiger partial charge in [-0.1, -0.05) is 24.3 Å². The summed E-state index contributed by atoms with van der Waals surface area (Å²) < 4.78 is 50.2. The molecule has 0 atom stereocenters. The summed E-state index contributed by atoms with van der Waals surface area (Å²) >= 11 is 0. The molecule has 0 radical (unpaired) electrons. The third kappa shape index (κ3) is 4.07. The van der Waals surface area contributed by atoms with Crippen molar-refractivity contribution in [3.63, 3.8) is 0 Å². The molecule has 0 bridgehead atoms. The van der Waals surface area contributed by atoms with Crippen LogP contribution in [-0.4, -0.2) is 28.4 Å². The fourth-order valence-electron chi connectivity index (χ4n) is 2.58. The molecule has 0 amide bonds. The first kappa shape index (κ1) is 18.5. The number of primary sulfonamides is 1. The molecule has 7 nitrogen and oxygen atoms in total. The van der Waals surface area contributed by atoms with Crippen LogP contribution in [0.5, 0.6) is 0 Å². The molecule has 9 heteroatoms. The van der Waals surface area contributed by atoms with Crippen LogP contribution in [0.2, 0.25) is 0 Å². The lowest BCUT2D eigenvalue weighted by molar-refractivity contribution is 0.582. The SMILES string of the molecule is NS(=O)(=O)c1ccc(CCNS(=O)(=O)c2cccc3cnccc23)cc1. The highest BCUT2D eigenvalue weighted by Gasteiger charge is 2.16. The second-order valence-electron chi connectivity index (χ2n) is 5.69. The number of rotatable bonds is 6. The molecule has 3 N–H and O–H groups in total. The Kier molecular flexibility index (Phi) is 5.05. The van der Waals surface area contributed by atoms with Crippen molar-refractivity contribution in [2.24, 2.45) is 5.14 Å². The van der Waals surface area contributed by atoms with Crippen molar-refractivity contribution in [2.75, 3.05) is 6.54 Å². The molecule has 26 heavy (non-hydrogen) atoms. The van der Waals surface area contributed by atoms with Gasteiger partial charge in [-0.15, -0.1) is 0 Å². The predicted octanol–water partition coefficient (Wildman–Crippen LogP) is 1.40. The highest BCUT2D eigenvalue weighted by Crippen LogP contribution is 2.21. The average Bonchev–Trinajstić information content (AvgIpc) is 2.61. The average molecular weight is 391 g/mol. The van der Waals surface area contributed by atoms with E-state index in [2.05, 4.69) is 9.71 Å². The van der Waals surface area contributed by atoms with E-state index in [1.807, 2.05) is 0 Å². The summed E-state index contributed by atoms with van der Waals surface area (Å²) in [6.07, 6.45) is 3.58. The molecule has 0 aliphatic rings. The number of nitrogens with two attached hydrogens (primary N) is 1. The summed E-state index contributed by atoms with van der Waals surface area (Å²) in [7, 11) is -7.42. The number of nitrogens with zero attached hydrogens (tertiary/aromatic N) is 1. The van der Waals surface area contributed by atoms with E-state index in [4.69, 9.17) is 5.14 Å². The second kappa shape index (κ2) is 7.12. The molecule has 3 aromatic rings. The summed E-state index contributed by atoms with van der Waals surface area (Å²) in [6, 6.07) is 12.7. The lowest BCUT2D eigenvalue weighted by Crippen LogP contribution is -2.26. The molecule has 136 valence electrons. The minimum atomic E-state index is -3.74. The maximum atomic E-state index is 12.6. The van der Waals surface area contributed by atoms with E-state index in [9.17, 15) is 16.8 Å². The van der Waals surface area contributed by atoms with Gasteiger partial charge in [0, 0.05) is 29.7 Å². The van der Waals surface area contributed by atoms with Gasteiger partial charge in [-0.3, -0.25) is 4.98 Å². The zero-order chi connectivity index (χ0) is 18.8. The molecule has 0 fully saturated rings. The van der Waals surface area contributed by atoms with Gasteiger partial charge in [0.2, 0.25) is 20.0 Å². The Labute approximate surface area is 152 Å². The molecule has 0 spiro atoms. The van der Waals surface area contributed by atoms with Crippen LogP contribution in [0, 0.1) is 0 Å². The fraction of sp³-hybridized carbons (Fsp3) is 0.118. The number of nitrogens with one attached hydrogen (secondary N) is 1. The minimum absolute atomic E-state index is 0.0196. The fourth-order valence-corrected chi connectivity index (χ4v) is 4.36. The first-order chi connectivity index (χ1) is 12.3. The van der Waals surface area contributed by atoms with Gasteiger partial charge in [-0.2, -0.15) is 0 Å². The number of benzene rings is 2. The topological polar surface area (TPSA) is 119 Å². The molecule has 0 saturated heterocycles. The van der Waals surface area contributed by atoms with Gasteiger partial charge in [0.05, 0.1) is 9.79 Å². The van der Waals surface area contributed by atoms with Gasteiger partial charge in [0.15, 0.2) is 0 Å². The monoisotopic (exact) mass is 391 g/mol. The van der Waals surface area contributed by atoms with Crippen molar-refractivity contribution in [3.05, 3.63) is 66.5 Å². The van der Waals surface area contributed by atoms with Crippen LogP contribution in [0.1, 0.15) is 5.56 Å². The summed E-state index contributed by atoms with van der Waals surface area (Å²) in [5, 5.41) is 6.40. The summed E-state index contributed by atoms with van der Waals surface area (Å²) in [4.78, 5) is 4.21. The minimum Gasteiger partial charge on any atom is -0.264 e. The van der Waals surface area contributed by atoms with E-state index in [1.54, 1.807) is 48.8 Å². The van der Waals surface area contributed by atoms with E-state index in [-0.39, 0.29) is 16.3 Å². The Morgan fingerprint density at radius 2 is 1.69 bits per heavy atom. The molecule has 0 saturated carbocycles. The largest absolute Gasteiger partial charge is 0.264 e. The van der Waals surface area contributed by atoms with Crippen molar-refractivity contribution >= 4 is 30.8 Å². The number of fused-ring (bicyclic) bond motifs is 1. The zero-order valence-corrected chi connectivity index (χ0v) is 15.3. The zero-order valence-electron chi connectivity index (χ0n) is 13.7. The molecule has 1 aromatic heterocycles. The van der Waals surface area contributed by atoms with Crippen LogP contribution < -0.4 is 9.86 Å². The first-order valence-corrected chi connectivity index (χ1v) is 10.7. The lowest BCUT2D eigenvalue weighted by atomic mass is 10.2. The van der Waals surface area contributed by atoms with E-state index >= 15 is 0 Å². The normalized spacial score (nSPS) is 12.3. The standard InChI is InChI=1S/C17H17N3O4S2/c18-25(21,22)15-6-4-13(5-7-15)8-11-20-26(23,24)17-3-1-2-14-12-19-10-9-16(14)17/h1-7,9-10,12,20H,8,11H2,(H2,18,21,22). The summed E-state index contributed by atoms with van der Waals surface area (Å²) in [6.45, 7) is 0.179. The van der Waals surface area contributed by atoms with Crippen LogP contribution in [0.4, 0.5) is 0 Å². The molecule has 3 rings (SSSR count). The third-order valence-electron chi connectivity index (χ3n) is 3.89. The van der Waals surface area contributed by atoms with Crippen LogP contribution in [0.25, 0.3) is 10.8 Å². The predicted molar refractivity (Wildman–Crippen MR) is 98.5 cm³/mol. The number of aromatic nitrogens is 1. The van der Waals surface area contributed by atoms with Gasteiger partial charge in [-0.25, -0.2) is 26.7 Å². The van der Waals surface area contributed by atoms with Gasteiger partial charge in [0.1, 0.15) is 0 Å². The smallest absolute Gasteiger partial charge is 0.241 e. The van der Waals surface area contributed by atoms with E-state index < -0.39 is 20.0 Å². The molecule has 1 heterocycles. The summed E-state index contributed by atoms with van der Waals surface area (Å²) in [5.74, 6) is 0. The van der Waals surface area contributed by atoms with Crippen molar-refractivity contribution in [2.45, 2.75) is 16.2 Å². The van der Waals surface area contributed by atoms with Gasteiger partial charge in [0.25, 0.3) is 0 Å². The molecule has 0 unspecified atom stereocenters. The van der Waals surface area contributed by atoms with E-state index in [1.165, 1.54) is 12.1 Å². The van der Waals surface area contributed by atoms with Crippen molar-refractivity contribution in [1.29, 1.82) is 0 Å². The first-order valence-electron chi connectivity index (χ1n) is 7.71. The van der Waals surface area contributed by atoms with Crippen molar-refractivity contribution in [3.8, 4) is 0 Å². The Morgan fingerprint density at radius 1 is 0.962 bits per heavy atom. The van der Waals surface area contributed by atoms with Crippen molar-refractivity contribution in [1.82, 2.24) is 9.71 Å². The highest BCUT2D eigenvalue weighted by atomic mass is 32.2. The third-order valence-corrected chi connectivity index (χ3v) is 6.34. The summed E-state index contributed by atoms with van der Waals surface area (Å²) in [5.41, 5.74) is 0.794. The Morgan fingerprint density at radius 3 is 2.38 bits per heavy atom. The van der Waals surface area contributed by atoms with Gasteiger partial charge in [-0.05, 0) is 36.2 Å². The quantitative estimate of drug-likeness (QED) is 0.658. The van der Waals surface area contributed by atoms with Crippen LogP contribution in [0.3, 0.4) is 0 Å². The molecular formula is C17H17N3O4S2. The number of hydrogen-bond acceptors (Lipinski definition) is 5. The lowest BCUT2D eigenvalue weighted by Gasteiger charge is -2.09. The second-order valence-corrected chi connectivity index (χ2v) is 8.99. The van der Waals surface area contributed by atoms with Crippen LogP contribution >= 0.6 is 0 Å². The van der Waals surface area contributed by atoms with Gasteiger partial charge >= 0.3 is 0 Å². The Bertz CT molecular complexity index is 1140. The van der Waals surface area contributed by atoms with Gasteiger partial charge < -0.3 is 0 Å². The maximum Gasteiger partial charge on any atom is 0.241 e. The molecule has 0 aliphatic heterocycles. The number of hydrogen-bond donors (Lipinski definition) is 2. The van der Waals surface area contributed by atoms with E-state index in [0.717, 1.165) is 10.9 Å². The molecular weight excluding hydrogens is 374 g/mol. The number of sulfonamides is 2. The highest BCUT2D eigenvalue weighted by molar-refractivity contribution is 7.89. The van der Waals surface area contributed by atoms with E-state index in [0.29, 0.717) is 11.8 Å². The maximum absolute atomic E-state index is 12.6. The van der Waals surface area contributed by atoms with Crippen LogP contribution in [-0.2, 0) is 26.5 Å². The Balaban J connectivity index is 1.73.